The smallest absolute Gasteiger partial charge is 0.301 e. The topological polar surface area (TPSA) is 92.6 Å². The van der Waals surface area contributed by atoms with Crippen molar-refractivity contribution in [2.24, 2.45) is 0 Å². The van der Waals surface area contributed by atoms with E-state index in [1.165, 1.54) is 22.7 Å². The molecule has 1 aliphatic heterocycles. The van der Waals surface area contributed by atoms with Crippen LogP contribution in [0.15, 0.2) is 89.3 Å². The molecule has 5 rings (SSSR count). The Kier molecular flexibility index (Phi) is 8.32. The summed E-state index contributed by atoms with van der Waals surface area (Å²) in [6.45, 7) is 7.69. The van der Waals surface area contributed by atoms with Crippen molar-refractivity contribution in [1.82, 2.24) is 10.2 Å². The number of Topliss-reactive ketones (excluding diaryl/α,β-unsaturated/α-hetero) is 1. The first kappa shape index (κ1) is 28.3. The van der Waals surface area contributed by atoms with Gasteiger partial charge in [-0.3, -0.25) is 14.5 Å². The maximum absolute atomic E-state index is 14.1. The largest absolute Gasteiger partial charge is 0.507 e. The number of anilines is 1. The third-order valence-electron chi connectivity index (χ3n) is 6.57. The average Bonchev–Trinajstić information content (AvgIpc) is 3.54. The first-order chi connectivity index (χ1) is 19.8. The molecule has 10 heteroatoms. The summed E-state index contributed by atoms with van der Waals surface area (Å²) in [5, 5.41) is 20.1. The Morgan fingerprint density at radius 2 is 1.88 bits per heavy atom. The van der Waals surface area contributed by atoms with Gasteiger partial charge in [0, 0.05) is 11.3 Å². The summed E-state index contributed by atoms with van der Waals surface area (Å²) < 4.78 is 20.2. The maximum Gasteiger partial charge on any atom is 0.301 e. The lowest BCUT2D eigenvalue weighted by Gasteiger charge is -2.23. The van der Waals surface area contributed by atoms with E-state index in [4.69, 9.17) is 4.74 Å². The summed E-state index contributed by atoms with van der Waals surface area (Å²) in [5.74, 6) is -1.32. The van der Waals surface area contributed by atoms with Gasteiger partial charge in [-0.15, -0.1) is 10.2 Å². The minimum absolute atomic E-state index is 0.0424. The molecule has 1 amide bonds. The van der Waals surface area contributed by atoms with Crippen molar-refractivity contribution < 1.29 is 23.8 Å². The van der Waals surface area contributed by atoms with Crippen LogP contribution in [-0.4, -0.2) is 33.6 Å². The maximum atomic E-state index is 14.1. The highest BCUT2D eigenvalue weighted by Crippen LogP contribution is 2.44. The van der Waals surface area contributed by atoms with E-state index in [-0.39, 0.29) is 22.3 Å². The molecular formula is C31H26FN3O4S2. The van der Waals surface area contributed by atoms with Gasteiger partial charge in [-0.1, -0.05) is 83.8 Å². The standard InChI is InChI=1S/C31H26FN3O4S2/c1-4-15-39-22-13-11-20(12-14-22)26-25(27(36)23-16-18(2)9-10-19(23)3)28(37)29(38)35(26)30-33-34-31(41-30)40-17-21-7-5-6-8-24(21)32/h4-14,16,26,36H,1,15,17H2,2-3H3/b27-25+. The molecule has 0 aliphatic carbocycles. The Balaban J connectivity index is 1.56. The van der Waals surface area contributed by atoms with Crippen molar-refractivity contribution in [3.63, 3.8) is 0 Å². The minimum Gasteiger partial charge on any atom is -0.507 e. The number of ketones is 1. The summed E-state index contributed by atoms with van der Waals surface area (Å²) in [5.41, 5.74) is 3.18. The summed E-state index contributed by atoms with van der Waals surface area (Å²) in [6, 6.07) is 18.0. The third kappa shape index (κ3) is 5.79. The molecule has 1 fully saturated rings. The molecule has 41 heavy (non-hydrogen) atoms. The van der Waals surface area contributed by atoms with Crippen LogP contribution in [0, 0.1) is 19.7 Å². The van der Waals surface area contributed by atoms with Crippen molar-refractivity contribution in [1.29, 1.82) is 0 Å². The molecule has 1 aliphatic rings. The van der Waals surface area contributed by atoms with Crippen molar-refractivity contribution in [3.8, 4) is 5.75 Å². The number of carbonyl (C=O) groups is 2. The number of hydrogen-bond acceptors (Lipinski definition) is 8. The highest BCUT2D eigenvalue weighted by Gasteiger charge is 2.48. The second kappa shape index (κ2) is 12.1. The second-order valence-corrected chi connectivity index (χ2v) is 11.6. The van der Waals surface area contributed by atoms with E-state index in [1.807, 2.05) is 26.0 Å². The SMILES string of the molecule is C=CCOc1ccc(C2/C(=C(\O)c3cc(C)ccc3C)C(=O)C(=O)N2c2nnc(SCc3ccccc3F)s2)cc1. The highest BCUT2D eigenvalue weighted by molar-refractivity contribution is 8.00. The molecule has 1 atom stereocenters. The predicted molar refractivity (Wildman–Crippen MR) is 159 cm³/mol. The predicted octanol–water partition coefficient (Wildman–Crippen LogP) is 6.78. The fourth-order valence-corrected chi connectivity index (χ4v) is 6.35. The summed E-state index contributed by atoms with van der Waals surface area (Å²) in [6.07, 6.45) is 1.63. The van der Waals surface area contributed by atoms with Gasteiger partial charge < -0.3 is 9.84 Å². The van der Waals surface area contributed by atoms with Crippen molar-refractivity contribution >= 4 is 45.7 Å². The van der Waals surface area contributed by atoms with Crippen molar-refractivity contribution in [2.45, 2.75) is 30.0 Å². The van der Waals surface area contributed by atoms with Gasteiger partial charge in [-0.05, 0) is 54.8 Å². The van der Waals surface area contributed by atoms with Gasteiger partial charge in [0.2, 0.25) is 5.13 Å². The van der Waals surface area contributed by atoms with E-state index in [9.17, 15) is 19.1 Å². The Morgan fingerprint density at radius 3 is 2.61 bits per heavy atom. The van der Waals surface area contributed by atoms with E-state index in [1.54, 1.807) is 54.6 Å². The van der Waals surface area contributed by atoms with E-state index in [0.29, 0.717) is 39.1 Å². The van der Waals surface area contributed by atoms with Crippen LogP contribution >= 0.6 is 23.1 Å². The van der Waals surface area contributed by atoms with E-state index < -0.39 is 17.7 Å². The van der Waals surface area contributed by atoms with Crippen LogP contribution in [0.3, 0.4) is 0 Å². The highest BCUT2D eigenvalue weighted by atomic mass is 32.2. The normalized spacial score (nSPS) is 16.3. The number of nitrogens with zero attached hydrogens (tertiary/aromatic N) is 3. The van der Waals surface area contributed by atoms with Crippen LogP contribution in [-0.2, 0) is 15.3 Å². The number of amides is 1. The number of aromatic nitrogens is 2. The number of thioether (sulfide) groups is 1. The second-order valence-electron chi connectivity index (χ2n) is 9.39. The number of benzene rings is 3. The Labute approximate surface area is 245 Å². The van der Waals surface area contributed by atoms with Crippen LogP contribution in [0.5, 0.6) is 5.75 Å². The first-order valence-electron chi connectivity index (χ1n) is 12.7. The van der Waals surface area contributed by atoms with Crippen LogP contribution in [0.25, 0.3) is 5.76 Å². The molecule has 4 aromatic rings. The van der Waals surface area contributed by atoms with Crippen molar-refractivity contribution in [3.05, 3.63) is 119 Å². The zero-order valence-corrected chi connectivity index (χ0v) is 24.0. The number of ether oxygens (including phenoxy) is 1. The monoisotopic (exact) mass is 587 g/mol. The molecule has 2 heterocycles. The van der Waals surface area contributed by atoms with E-state index in [2.05, 4.69) is 16.8 Å². The number of rotatable bonds is 9. The molecule has 0 bridgehead atoms. The molecule has 1 unspecified atom stereocenters. The Bertz CT molecular complexity index is 1670. The molecule has 1 aromatic heterocycles. The number of hydrogen-bond donors (Lipinski definition) is 1. The number of halogens is 1. The van der Waals surface area contributed by atoms with E-state index in [0.717, 1.165) is 22.5 Å². The van der Waals surface area contributed by atoms with Crippen LogP contribution < -0.4 is 9.64 Å². The summed E-state index contributed by atoms with van der Waals surface area (Å²) in [4.78, 5) is 28.3. The lowest BCUT2D eigenvalue weighted by atomic mass is 9.93. The van der Waals surface area contributed by atoms with Gasteiger partial charge in [-0.25, -0.2) is 4.39 Å². The fraction of sp³-hybridized carbons (Fsp3) is 0.161. The number of aryl methyl sites for hydroxylation is 2. The number of aliphatic hydroxyl groups excluding tert-OH is 1. The van der Waals surface area contributed by atoms with Crippen LogP contribution in [0.2, 0.25) is 0 Å². The quantitative estimate of drug-likeness (QED) is 0.0576. The summed E-state index contributed by atoms with van der Waals surface area (Å²) >= 11 is 2.40. The van der Waals surface area contributed by atoms with Crippen LogP contribution in [0.4, 0.5) is 9.52 Å². The molecule has 1 saturated heterocycles. The van der Waals surface area contributed by atoms with E-state index >= 15 is 0 Å². The van der Waals surface area contributed by atoms with Gasteiger partial charge in [0.1, 0.15) is 23.9 Å². The number of aliphatic hydroxyl groups is 1. The summed E-state index contributed by atoms with van der Waals surface area (Å²) in [7, 11) is 0. The molecule has 7 nitrogen and oxygen atoms in total. The Morgan fingerprint density at radius 1 is 1.12 bits per heavy atom. The van der Waals surface area contributed by atoms with Crippen molar-refractivity contribution in [2.75, 3.05) is 11.5 Å². The zero-order chi connectivity index (χ0) is 29.1. The third-order valence-corrected chi connectivity index (χ3v) is 8.67. The first-order valence-corrected chi connectivity index (χ1v) is 14.5. The lowest BCUT2D eigenvalue weighted by Crippen LogP contribution is -2.29. The molecule has 3 aromatic carbocycles. The van der Waals surface area contributed by atoms with Gasteiger partial charge in [-0.2, -0.15) is 0 Å². The molecule has 0 saturated carbocycles. The van der Waals surface area contributed by atoms with Crippen LogP contribution in [0.1, 0.15) is 33.9 Å². The van der Waals surface area contributed by atoms with Gasteiger partial charge in [0.25, 0.3) is 5.78 Å². The average molecular weight is 588 g/mol. The van der Waals surface area contributed by atoms with Gasteiger partial charge in [0.05, 0.1) is 11.6 Å². The molecule has 208 valence electrons. The molecule has 0 spiro atoms. The fourth-order valence-electron chi connectivity index (χ4n) is 4.50. The number of carbonyl (C=O) groups excluding carboxylic acids is 2. The van der Waals surface area contributed by atoms with Gasteiger partial charge >= 0.3 is 5.91 Å². The molecular weight excluding hydrogens is 561 g/mol. The molecule has 1 N–H and O–H groups in total. The minimum atomic E-state index is -0.958. The Hall–Kier alpha value is -4.28. The lowest BCUT2D eigenvalue weighted by molar-refractivity contribution is -0.132. The van der Waals surface area contributed by atoms with Gasteiger partial charge in [0.15, 0.2) is 4.34 Å². The zero-order valence-electron chi connectivity index (χ0n) is 22.3. The molecule has 0 radical (unpaired) electrons.